The molecule has 2 heterocycles. The minimum atomic E-state index is -0.0553. The minimum absolute atomic E-state index is 0.0553. The molecule has 0 unspecified atom stereocenters. The molecule has 4 nitrogen and oxygen atoms in total. The van der Waals surface area contributed by atoms with Gasteiger partial charge in [-0.25, -0.2) is 4.79 Å². The smallest absolute Gasteiger partial charge is 0.315 e. The number of urea groups is 1. The first kappa shape index (κ1) is 11.4. The third-order valence-electron chi connectivity index (χ3n) is 2.68. The van der Waals surface area contributed by atoms with Gasteiger partial charge in [0, 0.05) is 10.9 Å². The van der Waals surface area contributed by atoms with Gasteiger partial charge in [-0.3, -0.25) is 0 Å². The van der Waals surface area contributed by atoms with Crippen molar-refractivity contribution in [3.05, 3.63) is 22.4 Å². The van der Waals surface area contributed by atoms with Crippen molar-refractivity contribution in [2.24, 2.45) is 0 Å². The van der Waals surface area contributed by atoms with Crippen LogP contribution in [0.2, 0.25) is 0 Å². The molecular formula is C11H17N3OS. The van der Waals surface area contributed by atoms with Crippen LogP contribution in [0.4, 0.5) is 4.79 Å². The van der Waals surface area contributed by atoms with E-state index in [2.05, 4.69) is 16.0 Å². The Kier molecular flexibility index (Phi) is 4.18. The molecule has 16 heavy (non-hydrogen) atoms. The lowest BCUT2D eigenvalue weighted by molar-refractivity contribution is 0.233. The van der Waals surface area contributed by atoms with Crippen molar-refractivity contribution < 1.29 is 4.79 Å². The van der Waals surface area contributed by atoms with Crippen LogP contribution in [0.1, 0.15) is 17.7 Å². The number of carbonyl (C=O) groups excluding carboxylic acids is 1. The van der Waals surface area contributed by atoms with Crippen LogP contribution in [0.3, 0.4) is 0 Å². The normalized spacial score (nSPS) is 17.0. The van der Waals surface area contributed by atoms with Crippen LogP contribution in [0, 0.1) is 0 Å². The first-order valence-electron chi connectivity index (χ1n) is 5.62. The van der Waals surface area contributed by atoms with Crippen LogP contribution in [0.15, 0.2) is 17.5 Å². The maximum atomic E-state index is 11.6. The summed E-state index contributed by atoms with van der Waals surface area (Å²) in [6.45, 7) is 2.61. The van der Waals surface area contributed by atoms with Crippen molar-refractivity contribution in [3.63, 3.8) is 0 Å². The fourth-order valence-electron chi connectivity index (χ4n) is 1.78. The molecule has 0 spiro atoms. The van der Waals surface area contributed by atoms with Crippen LogP contribution in [-0.4, -0.2) is 25.2 Å². The number of hydrogen-bond acceptors (Lipinski definition) is 3. The SMILES string of the molecule is O=C(NCc1cccs1)NC1CCNCC1. The molecule has 1 aliphatic heterocycles. The summed E-state index contributed by atoms with van der Waals surface area (Å²) in [5, 5.41) is 11.2. The van der Waals surface area contributed by atoms with Crippen LogP contribution in [-0.2, 0) is 6.54 Å². The Morgan fingerprint density at radius 2 is 2.31 bits per heavy atom. The molecule has 1 aromatic heterocycles. The second-order valence-electron chi connectivity index (χ2n) is 3.93. The molecule has 0 radical (unpaired) electrons. The van der Waals surface area contributed by atoms with Crippen molar-refractivity contribution >= 4 is 17.4 Å². The summed E-state index contributed by atoms with van der Waals surface area (Å²) in [5.74, 6) is 0. The van der Waals surface area contributed by atoms with E-state index in [0.29, 0.717) is 12.6 Å². The molecule has 88 valence electrons. The lowest BCUT2D eigenvalue weighted by Crippen LogP contribution is -2.46. The van der Waals surface area contributed by atoms with E-state index in [9.17, 15) is 4.79 Å². The van der Waals surface area contributed by atoms with Crippen molar-refractivity contribution in [2.45, 2.75) is 25.4 Å². The van der Waals surface area contributed by atoms with Crippen LogP contribution < -0.4 is 16.0 Å². The largest absolute Gasteiger partial charge is 0.335 e. The fraction of sp³-hybridized carbons (Fsp3) is 0.545. The maximum Gasteiger partial charge on any atom is 0.315 e. The Balaban J connectivity index is 1.67. The van der Waals surface area contributed by atoms with E-state index >= 15 is 0 Å². The number of piperidine rings is 1. The Labute approximate surface area is 99.4 Å². The molecule has 2 amide bonds. The van der Waals surface area contributed by atoms with Gasteiger partial charge in [0.25, 0.3) is 0 Å². The molecule has 0 aromatic carbocycles. The van der Waals surface area contributed by atoms with Gasteiger partial charge in [-0.2, -0.15) is 0 Å². The molecule has 0 aliphatic carbocycles. The Morgan fingerprint density at radius 1 is 1.50 bits per heavy atom. The second-order valence-corrected chi connectivity index (χ2v) is 4.96. The summed E-state index contributed by atoms with van der Waals surface area (Å²) < 4.78 is 0. The van der Waals surface area contributed by atoms with E-state index in [1.54, 1.807) is 11.3 Å². The number of carbonyl (C=O) groups is 1. The van der Waals surface area contributed by atoms with E-state index in [0.717, 1.165) is 25.9 Å². The Morgan fingerprint density at radius 3 is 3.00 bits per heavy atom. The van der Waals surface area contributed by atoms with Crippen LogP contribution >= 0.6 is 11.3 Å². The quantitative estimate of drug-likeness (QED) is 0.744. The van der Waals surface area contributed by atoms with Gasteiger partial charge in [0.05, 0.1) is 6.54 Å². The Hall–Kier alpha value is -1.07. The van der Waals surface area contributed by atoms with Crippen molar-refractivity contribution in [2.75, 3.05) is 13.1 Å². The van der Waals surface area contributed by atoms with Gasteiger partial charge in [0.2, 0.25) is 0 Å². The van der Waals surface area contributed by atoms with Crippen molar-refractivity contribution in [3.8, 4) is 0 Å². The van der Waals surface area contributed by atoms with E-state index in [1.807, 2.05) is 17.5 Å². The van der Waals surface area contributed by atoms with Gasteiger partial charge < -0.3 is 16.0 Å². The van der Waals surface area contributed by atoms with Crippen LogP contribution in [0.5, 0.6) is 0 Å². The number of rotatable bonds is 3. The highest BCUT2D eigenvalue weighted by Crippen LogP contribution is 2.07. The summed E-state index contributed by atoms with van der Waals surface area (Å²) in [4.78, 5) is 12.7. The number of hydrogen-bond donors (Lipinski definition) is 3. The molecular weight excluding hydrogens is 222 g/mol. The van der Waals surface area contributed by atoms with E-state index < -0.39 is 0 Å². The van der Waals surface area contributed by atoms with E-state index in [-0.39, 0.29) is 6.03 Å². The van der Waals surface area contributed by atoms with E-state index in [1.165, 1.54) is 4.88 Å². The monoisotopic (exact) mass is 239 g/mol. The predicted octanol–water partition coefficient (Wildman–Crippen LogP) is 1.30. The summed E-state index contributed by atoms with van der Waals surface area (Å²) in [6.07, 6.45) is 2.04. The molecule has 0 bridgehead atoms. The lowest BCUT2D eigenvalue weighted by atomic mass is 10.1. The zero-order valence-electron chi connectivity index (χ0n) is 9.16. The number of thiophene rings is 1. The fourth-order valence-corrected chi connectivity index (χ4v) is 2.43. The number of amides is 2. The standard InChI is InChI=1S/C11H17N3OS/c15-11(13-8-10-2-1-7-16-10)14-9-3-5-12-6-4-9/h1-2,7,9,12H,3-6,8H2,(H2,13,14,15). The Bertz CT molecular complexity index is 320. The molecule has 1 aliphatic rings. The molecule has 1 fully saturated rings. The first-order chi connectivity index (χ1) is 7.84. The highest BCUT2D eigenvalue weighted by Gasteiger charge is 2.14. The van der Waals surface area contributed by atoms with Gasteiger partial charge in [0.1, 0.15) is 0 Å². The van der Waals surface area contributed by atoms with Crippen molar-refractivity contribution in [1.82, 2.24) is 16.0 Å². The molecule has 3 N–H and O–H groups in total. The molecule has 5 heteroatoms. The topological polar surface area (TPSA) is 53.2 Å². The molecule has 1 saturated heterocycles. The highest BCUT2D eigenvalue weighted by atomic mass is 32.1. The lowest BCUT2D eigenvalue weighted by Gasteiger charge is -2.23. The number of nitrogens with one attached hydrogen (secondary N) is 3. The molecule has 1 aromatic rings. The van der Waals surface area contributed by atoms with Crippen LogP contribution in [0.25, 0.3) is 0 Å². The van der Waals surface area contributed by atoms with Gasteiger partial charge in [-0.05, 0) is 37.4 Å². The van der Waals surface area contributed by atoms with Gasteiger partial charge in [0.15, 0.2) is 0 Å². The van der Waals surface area contributed by atoms with E-state index in [4.69, 9.17) is 0 Å². The van der Waals surface area contributed by atoms with Gasteiger partial charge in [-0.1, -0.05) is 6.07 Å². The summed E-state index contributed by atoms with van der Waals surface area (Å²) in [7, 11) is 0. The third-order valence-corrected chi connectivity index (χ3v) is 3.55. The molecule has 2 rings (SSSR count). The summed E-state index contributed by atoms with van der Waals surface area (Å²) in [6, 6.07) is 4.28. The van der Waals surface area contributed by atoms with Gasteiger partial charge >= 0.3 is 6.03 Å². The highest BCUT2D eigenvalue weighted by molar-refractivity contribution is 7.09. The zero-order valence-corrected chi connectivity index (χ0v) is 9.98. The summed E-state index contributed by atoms with van der Waals surface area (Å²) in [5.41, 5.74) is 0. The van der Waals surface area contributed by atoms with Crippen molar-refractivity contribution in [1.29, 1.82) is 0 Å². The zero-order chi connectivity index (χ0) is 11.2. The molecule has 0 atom stereocenters. The molecule has 0 saturated carbocycles. The van der Waals surface area contributed by atoms with Gasteiger partial charge in [-0.15, -0.1) is 11.3 Å². The predicted molar refractivity (Wildman–Crippen MR) is 65.6 cm³/mol. The average Bonchev–Trinajstić information content (AvgIpc) is 2.81. The summed E-state index contributed by atoms with van der Waals surface area (Å²) >= 11 is 1.66. The maximum absolute atomic E-state index is 11.6. The first-order valence-corrected chi connectivity index (χ1v) is 6.50. The third kappa shape index (κ3) is 3.50. The minimum Gasteiger partial charge on any atom is -0.335 e. The average molecular weight is 239 g/mol. The second kappa shape index (κ2) is 5.86.